The summed E-state index contributed by atoms with van der Waals surface area (Å²) >= 11 is 0. The highest BCUT2D eigenvalue weighted by Crippen LogP contribution is 2.27. The van der Waals surface area contributed by atoms with Gasteiger partial charge in [0.05, 0.1) is 5.70 Å². The molecule has 1 atom stereocenters. The summed E-state index contributed by atoms with van der Waals surface area (Å²) in [6.07, 6.45) is 36.8. The molecular weight excluding hydrogens is 655 g/mol. The molecule has 1 aromatic heterocycles. The number of amidine groups is 1. The molecule has 3 aromatic carbocycles. The average Bonchev–Trinajstić information content (AvgIpc) is 3.24. The summed E-state index contributed by atoms with van der Waals surface area (Å²) in [6, 6.07) is 30.8. The molecule has 0 amide bonds. The Bertz CT molecular complexity index is 2590. The van der Waals surface area contributed by atoms with E-state index in [1.807, 2.05) is 24.7 Å². The summed E-state index contributed by atoms with van der Waals surface area (Å²) < 4.78 is 0. The second kappa shape index (κ2) is 16.7. The maximum atomic E-state index is 5.12. The van der Waals surface area contributed by atoms with Gasteiger partial charge in [0.2, 0.25) is 0 Å². The number of hydrogen-bond donors (Lipinski definition) is 0. The third kappa shape index (κ3) is 7.91. The zero-order valence-corrected chi connectivity index (χ0v) is 30.7. The number of benzene rings is 3. The average molecular weight is 700 g/mol. The summed E-state index contributed by atoms with van der Waals surface area (Å²) in [4.78, 5) is 14.5. The van der Waals surface area contributed by atoms with Crippen LogP contribution in [0, 0.1) is 0 Å². The minimum absolute atomic E-state index is 0.316. The predicted molar refractivity (Wildman–Crippen MR) is 228 cm³/mol. The van der Waals surface area contributed by atoms with E-state index in [9.17, 15) is 0 Å². The Hall–Kier alpha value is -6.19. The Balaban J connectivity index is 1.24. The highest BCUT2D eigenvalue weighted by Gasteiger charge is 2.15. The molecule has 4 aliphatic carbocycles. The minimum atomic E-state index is 0.316. The van der Waals surface area contributed by atoms with Crippen LogP contribution >= 0.6 is 0 Å². The Morgan fingerprint density at radius 2 is 1.56 bits per heavy atom. The molecule has 1 unspecified atom stereocenters. The standard InChI is InChI=1S/C51H45N3/c1-37(39-16-5-4-6-17-39)54-51(53-35-38-29-31-40(32-30-38)44-22-15-33-52-36-44)43-21-13-20-42(34-43)46-23-7-2-3-8-25-49(50-27-12-11-26-47(46)50)48-28-14-19-41-18-9-10-24-45(41)48/h2-5,7-13,15-16,18-22,24,26-27,29-31,33-36,40H,1,6,14,17,23,25,28,32H2/b7-2-,8-3-,47-46+,50-49+,53-35+,54-51-. The quantitative estimate of drug-likeness (QED) is 0.140. The second-order valence-electron chi connectivity index (χ2n) is 14.1. The zero-order valence-electron chi connectivity index (χ0n) is 30.7. The van der Waals surface area contributed by atoms with E-state index >= 15 is 0 Å². The number of pyridine rings is 1. The molecule has 0 fully saturated rings. The first-order valence-electron chi connectivity index (χ1n) is 19.2. The number of nitrogens with zero attached hydrogens (tertiary/aromatic N) is 3. The molecule has 54 heavy (non-hydrogen) atoms. The van der Waals surface area contributed by atoms with Gasteiger partial charge < -0.3 is 0 Å². The van der Waals surface area contributed by atoms with Crippen LogP contribution in [0.25, 0.3) is 22.8 Å². The van der Waals surface area contributed by atoms with Crippen molar-refractivity contribution >= 4 is 34.8 Å². The molecule has 1 heterocycles. The van der Waals surface area contributed by atoms with Crippen molar-refractivity contribution in [2.75, 3.05) is 0 Å². The van der Waals surface area contributed by atoms with Crippen molar-refractivity contribution in [3.05, 3.63) is 219 Å². The van der Waals surface area contributed by atoms with Crippen LogP contribution in [0.1, 0.15) is 67.6 Å². The van der Waals surface area contributed by atoms with Crippen LogP contribution < -0.4 is 20.9 Å². The van der Waals surface area contributed by atoms with Crippen LogP contribution in [0.2, 0.25) is 0 Å². The Morgan fingerprint density at radius 1 is 0.741 bits per heavy atom. The summed E-state index contributed by atoms with van der Waals surface area (Å²) in [7, 11) is 0. The van der Waals surface area contributed by atoms with Crippen LogP contribution in [0.15, 0.2) is 191 Å². The molecule has 3 heteroatoms. The third-order valence-electron chi connectivity index (χ3n) is 10.7. The zero-order chi connectivity index (χ0) is 36.5. The number of aliphatic imine (C=N–C) groups is 2. The lowest BCUT2D eigenvalue weighted by Crippen LogP contribution is -2.34. The van der Waals surface area contributed by atoms with Crippen molar-refractivity contribution in [1.29, 1.82) is 0 Å². The van der Waals surface area contributed by atoms with E-state index in [1.165, 1.54) is 48.7 Å². The van der Waals surface area contributed by atoms with E-state index in [0.29, 0.717) is 11.8 Å². The van der Waals surface area contributed by atoms with Crippen molar-refractivity contribution in [2.45, 2.75) is 50.9 Å². The van der Waals surface area contributed by atoms with Gasteiger partial charge in [0.25, 0.3) is 0 Å². The van der Waals surface area contributed by atoms with E-state index in [4.69, 9.17) is 9.98 Å². The summed E-state index contributed by atoms with van der Waals surface area (Å²) in [5.74, 6) is 0.974. The van der Waals surface area contributed by atoms with E-state index in [2.05, 4.69) is 157 Å². The molecule has 0 spiro atoms. The first-order valence-corrected chi connectivity index (χ1v) is 19.2. The van der Waals surface area contributed by atoms with Crippen LogP contribution in [0.5, 0.6) is 0 Å². The minimum Gasteiger partial charge on any atom is -0.264 e. The summed E-state index contributed by atoms with van der Waals surface area (Å²) in [5.41, 5.74) is 10.5. The molecule has 0 saturated heterocycles. The number of rotatable bonds is 7. The van der Waals surface area contributed by atoms with Gasteiger partial charge in [0.15, 0.2) is 5.84 Å². The van der Waals surface area contributed by atoms with Gasteiger partial charge in [-0.05, 0) is 117 Å². The van der Waals surface area contributed by atoms with Gasteiger partial charge in [-0.1, -0.05) is 146 Å². The van der Waals surface area contributed by atoms with Crippen LogP contribution in [0.4, 0.5) is 0 Å². The lowest BCUT2D eigenvalue weighted by Gasteiger charge is -2.17. The molecule has 4 aromatic rings. The van der Waals surface area contributed by atoms with E-state index in [0.717, 1.165) is 67.4 Å². The largest absolute Gasteiger partial charge is 0.264 e. The molecule has 0 aliphatic heterocycles. The van der Waals surface area contributed by atoms with E-state index < -0.39 is 0 Å². The fraction of sp³-hybridized carbons (Fsp3) is 0.157. The number of hydrogen-bond acceptors (Lipinski definition) is 2. The molecule has 8 rings (SSSR count). The fourth-order valence-corrected chi connectivity index (χ4v) is 7.85. The normalized spacial score (nSPS) is 21.7. The monoisotopic (exact) mass is 699 g/mol. The second-order valence-corrected chi connectivity index (χ2v) is 14.1. The van der Waals surface area contributed by atoms with Crippen molar-refractivity contribution in [1.82, 2.24) is 4.98 Å². The van der Waals surface area contributed by atoms with Crippen LogP contribution in [-0.2, 0) is 0 Å². The lowest BCUT2D eigenvalue weighted by atomic mass is 9.88. The maximum absolute atomic E-state index is 5.12. The molecule has 0 saturated carbocycles. The Labute approximate surface area is 318 Å². The van der Waals surface area contributed by atoms with Gasteiger partial charge in [-0.25, -0.2) is 9.98 Å². The van der Waals surface area contributed by atoms with Crippen molar-refractivity contribution in [2.24, 2.45) is 9.98 Å². The molecule has 0 N–H and O–H groups in total. The first-order chi connectivity index (χ1) is 26.7. The van der Waals surface area contributed by atoms with Gasteiger partial charge in [-0.2, -0.15) is 0 Å². The van der Waals surface area contributed by atoms with Gasteiger partial charge in [0, 0.05) is 30.1 Å². The maximum Gasteiger partial charge on any atom is 0.159 e. The topological polar surface area (TPSA) is 37.6 Å². The van der Waals surface area contributed by atoms with E-state index in [1.54, 1.807) is 0 Å². The first kappa shape index (κ1) is 34.9. The number of allylic oxidation sites excluding steroid dienone is 12. The third-order valence-corrected chi connectivity index (χ3v) is 10.7. The van der Waals surface area contributed by atoms with Crippen molar-refractivity contribution < 1.29 is 0 Å². The van der Waals surface area contributed by atoms with Crippen molar-refractivity contribution in [3.63, 3.8) is 0 Å². The molecule has 264 valence electrons. The lowest BCUT2D eigenvalue weighted by molar-refractivity contribution is 0.843. The number of fused-ring (bicyclic) bond motifs is 2. The van der Waals surface area contributed by atoms with Gasteiger partial charge >= 0.3 is 0 Å². The summed E-state index contributed by atoms with van der Waals surface area (Å²) in [6.45, 7) is 4.41. The fourth-order valence-electron chi connectivity index (χ4n) is 7.85. The Kier molecular flexibility index (Phi) is 10.8. The van der Waals surface area contributed by atoms with Crippen LogP contribution in [0.3, 0.4) is 0 Å². The summed E-state index contributed by atoms with van der Waals surface area (Å²) in [5, 5.41) is 5.28. The molecule has 3 nitrogen and oxygen atoms in total. The van der Waals surface area contributed by atoms with E-state index in [-0.39, 0.29) is 0 Å². The van der Waals surface area contributed by atoms with Gasteiger partial charge in [0.1, 0.15) is 0 Å². The van der Waals surface area contributed by atoms with Crippen LogP contribution in [-0.4, -0.2) is 17.0 Å². The Morgan fingerprint density at radius 3 is 2.33 bits per heavy atom. The molecule has 0 radical (unpaired) electrons. The molecule has 0 bridgehead atoms. The van der Waals surface area contributed by atoms with Gasteiger partial charge in [-0.15, -0.1) is 0 Å². The highest BCUT2D eigenvalue weighted by atomic mass is 14.9. The SMILES string of the molecule is C=C(/N=C(\N=C\C1=CCC(c2cccnc2)C=C1)c1cccc(/C2=c3\cccc\c3=C(/C3=c4ccccc4=CCC3)C/C=C\C=C/C2)c1)C1=CC=CCC1. The predicted octanol–water partition coefficient (Wildman–Crippen LogP) is 9.04. The molecular formula is C51H45N3. The number of aromatic nitrogens is 1. The highest BCUT2D eigenvalue weighted by molar-refractivity contribution is 6.06. The van der Waals surface area contributed by atoms with Gasteiger partial charge in [-0.3, -0.25) is 4.98 Å². The van der Waals surface area contributed by atoms with Crippen molar-refractivity contribution in [3.8, 4) is 0 Å². The molecule has 4 aliphatic rings. The smallest absolute Gasteiger partial charge is 0.159 e.